The Morgan fingerprint density at radius 1 is 1.44 bits per heavy atom. The van der Waals surface area contributed by atoms with Crippen LogP contribution in [0.3, 0.4) is 0 Å². The molecular weight excluding hydrogens is 226 g/mol. The van der Waals surface area contributed by atoms with Crippen LogP contribution in [0.25, 0.3) is 5.57 Å². The predicted molar refractivity (Wildman–Crippen MR) is 73.1 cm³/mol. The number of allylic oxidation sites excluding steroid dienone is 3. The van der Waals surface area contributed by atoms with Crippen molar-refractivity contribution in [2.75, 3.05) is 12.4 Å². The predicted octanol–water partition coefficient (Wildman–Crippen LogP) is 3.05. The van der Waals surface area contributed by atoms with Crippen LogP contribution in [0.2, 0.25) is 0 Å². The molecule has 1 heterocycles. The minimum atomic E-state index is -0.109. The molecule has 1 aliphatic rings. The molecule has 18 heavy (non-hydrogen) atoms. The van der Waals surface area contributed by atoms with Crippen LogP contribution in [0.15, 0.2) is 48.8 Å². The second-order valence-electron chi connectivity index (χ2n) is 4.07. The first-order valence-corrected chi connectivity index (χ1v) is 5.66. The smallest absolute Gasteiger partial charge is 0.256 e. The average Bonchev–Trinajstić information content (AvgIpc) is 2.65. The molecule has 92 valence electrons. The normalized spacial score (nSPS) is 16.4. The molecule has 0 saturated heterocycles. The molecule has 0 aliphatic carbocycles. The third-order valence-electron chi connectivity index (χ3n) is 2.76. The molecule has 1 N–H and O–H groups in total. The van der Waals surface area contributed by atoms with E-state index in [9.17, 15) is 4.79 Å². The molecule has 0 unspecified atom stereocenters. The zero-order chi connectivity index (χ0) is 13.1. The molecule has 1 aromatic carbocycles. The number of carbonyl (C=O) groups is 1. The first-order chi connectivity index (χ1) is 8.65. The molecule has 1 amide bonds. The van der Waals surface area contributed by atoms with E-state index >= 15 is 0 Å². The Labute approximate surface area is 106 Å². The van der Waals surface area contributed by atoms with Crippen LogP contribution < -0.4 is 5.32 Å². The lowest BCUT2D eigenvalue weighted by molar-refractivity contribution is -0.110. The van der Waals surface area contributed by atoms with Gasteiger partial charge in [-0.1, -0.05) is 24.3 Å². The highest BCUT2D eigenvalue weighted by molar-refractivity contribution is 6.31. The standard InChI is InChI=1S/C15H15NO2/c1-4-5-11(18-3)9-13-12-8-10(2)6-7-14(12)16-15(13)17/h4-9H,1H2,2-3H3,(H,16,17). The van der Waals surface area contributed by atoms with Crippen LogP contribution in [-0.2, 0) is 9.53 Å². The highest BCUT2D eigenvalue weighted by Gasteiger charge is 2.24. The molecule has 3 heteroatoms. The molecule has 0 radical (unpaired) electrons. The minimum Gasteiger partial charge on any atom is -0.497 e. The van der Waals surface area contributed by atoms with Crippen LogP contribution in [0.5, 0.6) is 0 Å². The molecule has 0 fully saturated rings. The number of nitrogens with one attached hydrogen (secondary N) is 1. The second kappa shape index (κ2) is 4.92. The summed E-state index contributed by atoms with van der Waals surface area (Å²) in [5.41, 5.74) is 3.48. The number of methoxy groups -OCH3 is 1. The number of amides is 1. The summed E-state index contributed by atoms with van der Waals surface area (Å²) in [7, 11) is 1.57. The van der Waals surface area contributed by atoms with E-state index in [-0.39, 0.29) is 5.91 Å². The number of rotatable bonds is 3. The van der Waals surface area contributed by atoms with Gasteiger partial charge in [0.05, 0.1) is 12.7 Å². The summed E-state index contributed by atoms with van der Waals surface area (Å²) in [6, 6.07) is 5.87. The maximum Gasteiger partial charge on any atom is 0.256 e. The number of aryl methyl sites for hydroxylation is 1. The van der Waals surface area contributed by atoms with Crippen molar-refractivity contribution >= 4 is 17.2 Å². The number of fused-ring (bicyclic) bond motifs is 1. The Bertz CT molecular complexity index is 568. The number of hydrogen-bond acceptors (Lipinski definition) is 2. The molecule has 1 aliphatic heterocycles. The van der Waals surface area contributed by atoms with Crippen molar-refractivity contribution < 1.29 is 9.53 Å². The lowest BCUT2D eigenvalue weighted by Crippen LogP contribution is -2.04. The summed E-state index contributed by atoms with van der Waals surface area (Å²) in [5, 5.41) is 2.83. The van der Waals surface area contributed by atoms with Crippen molar-refractivity contribution in [1.82, 2.24) is 0 Å². The Morgan fingerprint density at radius 3 is 2.89 bits per heavy atom. The number of benzene rings is 1. The molecule has 2 rings (SSSR count). The van der Waals surface area contributed by atoms with Crippen LogP contribution >= 0.6 is 0 Å². The van der Waals surface area contributed by atoms with Crippen LogP contribution in [-0.4, -0.2) is 13.0 Å². The molecule has 1 aromatic rings. The van der Waals surface area contributed by atoms with E-state index < -0.39 is 0 Å². The van der Waals surface area contributed by atoms with E-state index in [0.717, 1.165) is 16.8 Å². The lowest BCUT2D eigenvalue weighted by atomic mass is 10.0. The average molecular weight is 241 g/mol. The van der Waals surface area contributed by atoms with Gasteiger partial charge in [-0.05, 0) is 31.2 Å². The van der Waals surface area contributed by atoms with Crippen molar-refractivity contribution in [2.24, 2.45) is 0 Å². The quantitative estimate of drug-likeness (QED) is 0.502. The third-order valence-corrected chi connectivity index (χ3v) is 2.76. The Kier molecular flexibility index (Phi) is 3.33. The van der Waals surface area contributed by atoms with Gasteiger partial charge in [-0.2, -0.15) is 0 Å². The van der Waals surface area contributed by atoms with Gasteiger partial charge in [-0.15, -0.1) is 0 Å². The highest BCUT2D eigenvalue weighted by atomic mass is 16.5. The number of carbonyl (C=O) groups excluding carboxylic acids is 1. The first-order valence-electron chi connectivity index (χ1n) is 5.66. The summed E-state index contributed by atoms with van der Waals surface area (Å²) in [5.74, 6) is 0.493. The van der Waals surface area contributed by atoms with Gasteiger partial charge in [0.1, 0.15) is 5.76 Å². The van der Waals surface area contributed by atoms with Gasteiger partial charge < -0.3 is 10.1 Å². The van der Waals surface area contributed by atoms with Crippen molar-refractivity contribution in [1.29, 1.82) is 0 Å². The molecule has 0 atom stereocenters. The van der Waals surface area contributed by atoms with Gasteiger partial charge in [0.2, 0.25) is 0 Å². The van der Waals surface area contributed by atoms with Crippen molar-refractivity contribution in [3.63, 3.8) is 0 Å². The third kappa shape index (κ3) is 2.20. The fourth-order valence-corrected chi connectivity index (χ4v) is 1.88. The SMILES string of the molecule is C=CC=C(C=C1C(=O)Nc2ccc(C)cc21)OC. The van der Waals surface area contributed by atoms with Crippen LogP contribution in [0.1, 0.15) is 11.1 Å². The van der Waals surface area contributed by atoms with E-state index in [1.807, 2.05) is 25.1 Å². The van der Waals surface area contributed by atoms with E-state index in [4.69, 9.17) is 4.74 Å². The zero-order valence-electron chi connectivity index (χ0n) is 10.5. The number of hydrogen-bond donors (Lipinski definition) is 1. The molecule has 0 spiro atoms. The topological polar surface area (TPSA) is 38.3 Å². The molecular formula is C15H15NO2. The summed E-state index contributed by atoms with van der Waals surface area (Å²) < 4.78 is 5.18. The summed E-state index contributed by atoms with van der Waals surface area (Å²) in [6.07, 6.45) is 5.07. The second-order valence-corrected chi connectivity index (χ2v) is 4.07. The lowest BCUT2D eigenvalue weighted by Gasteiger charge is -2.02. The van der Waals surface area contributed by atoms with Gasteiger partial charge in [0.25, 0.3) is 5.91 Å². The highest BCUT2D eigenvalue weighted by Crippen LogP contribution is 2.33. The molecule has 0 bridgehead atoms. The van der Waals surface area contributed by atoms with E-state index in [1.54, 1.807) is 25.3 Å². The monoisotopic (exact) mass is 241 g/mol. The summed E-state index contributed by atoms with van der Waals surface area (Å²) >= 11 is 0. The number of anilines is 1. The summed E-state index contributed by atoms with van der Waals surface area (Å²) in [6.45, 7) is 5.61. The fraction of sp³-hybridized carbons (Fsp3) is 0.133. The van der Waals surface area contributed by atoms with Crippen LogP contribution in [0.4, 0.5) is 5.69 Å². The maximum atomic E-state index is 11.9. The van der Waals surface area contributed by atoms with Gasteiger partial charge >= 0.3 is 0 Å². The van der Waals surface area contributed by atoms with Crippen molar-refractivity contribution in [2.45, 2.75) is 6.92 Å². The fourth-order valence-electron chi connectivity index (χ4n) is 1.88. The van der Waals surface area contributed by atoms with E-state index in [2.05, 4.69) is 11.9 Å². The Morgan fingerprint density at radius 2 is 2.22 bits per heavy atom. The van der Waals surface area contributed by atoms with E-state index in [0.29, 0.717) is 11.3 Å². The van der Waals surface area contributed by atoms with Gasteiger partial charge in [-0.25, -0.2) is 0 Å². The maximum absolute atomic E-state index is 11.9. The minimum absolute atomic E-state index is 0.109. The Hall–Kier alpha value is -2.29. The summed E-state index contributed by atoms with van der Waals surface area (Å²) in [4.78, 5) is 11.9. The van der Waals surface area contributed by atoms with Gasteiger partial charge in [-0.3, -0.25) is 4.79 Å². The largest absolute Gasteiger partial charge is 0.497 e. The number of ether oxygens (including phenoxy) is 1. The van der Waals surface area contributed by atoms with Gasteiger partial charge in [0.15, 0.2) is 0 Å². The van der Waals surface area contributed by atoms with E-state index in [1.165, 1.54) is 0 Å². The van der Waals surface area contributed by atoms with Crippen molar-refractivity contribution in [3.05, 3.63) is 59.9 Å². The van der Waals surface area contributed by atoms with Crippen molar-refractivity contribution in [3.8, 4) is 0 Å². The first kappa shape index (κ1) is 12.2. The van der Waals surface area contributed by atoms with Gasteiger partial charge in [0, 0.05) is 11.3 Å². The molecule has 3 nitrogen and oxygen atoms in total. The molecule has 0 saturated carbocycles. The van der Waals surface area contributed by atoms with Crippen LogP contribution in [0, 0.1) is 6.92 Å². The Balaban J connectivity index is 2.50. The zero-order valence-corrected chi connectivity index (χ0v) is 10.5. The molecule has 0 aromatic heterocycles.